The quantitative estimate of drug-likeness (QED) is 0.573. The van der Waals surface area contributed by atoms with E-state index in [0.717, 1.165) is 53.5 Å². The molecule has 3 rings (SSSR count). The number of hydrogen-bond acceptors (Lipinski definition) is 4. The van der Waals surface area contributed by atoms with Crippen LogP contribution in [0.5, 0.6) is 11.5 Å². The normalized spacial score (nSPS) is 14.5. The molecule has 0 spiro atoms. The number of ether oxygens (including phenoxy) is 2. The molecule has 0 aromatic heterocycles. The van der Waals surface area contributed by atoms with Crippen LogP contribution in [-0.4, -0.2) is 42.1 Å². The van der Waals surface area contributed by atoms with Crippen LogP contribution in [-0.2, 0) is 4.79 Å². The lowest BCUT2D eigenvalue weighted by atomic mass is 9.96. The smallest absolute Gasteiger partial charge is 0.220 e. The van der Waals surface area contributed by atoms with E-state index in [1.807, 2.05) is 55.5 Å². The molecular weight excluding hydrogens is 372 g/mol. The first-order valence-corrected chi connectivity index (χ1v) is 9.95. The number of likely N-dealkylation sites (tertiary alicyclic amines) is 1. The second kappa shape index (κ2) is 9.55. The van der Waals surface area contributed by atoms with Gasteiger partial charge in [-0.3, -0.25) is 4.79 Å². The van der Waals surface area contributed by atoms with Crippen LogP contribution in [0.2, 0.25) is 0 Å². The number of nitrogens with zero attached hydrogens (tertiary/aromatic N) is 1. The lowest BCUT2D eigenvalue weighted by molar-refractivity contribution is -0.122. The number of primary amides is 1. The van der Waals surface area contributed by atoms with Gasteiger partial charge in [0.2, 0.25) is 5.91 Å². The number of rotatable bonds is 7. The molecule has 5 nitrogen and oxygen atoms in total. The van der Waals surface area contributed by atoms with E-state index in [0.29, 0.717) is 13.2 Å². The Morgan fingerprint density at radius 3 is 2.36 bits per heavy atom. The van der Waals surface area contributed by atoms with Crippen molar-refractivity contribution in [3.05, 3.63) is 59.7 Å². The molecule has 2 aromatic carbocycles. The summed E-state index contributed by atoms with van der Waals surface area (Å²) in [5.74, 6) is 1.43. The Balaban J connectivity index is 1.45. The third kappa shape index (κ3) is 5.23. The van der Waals surface area contributed by atoms with Crippen LogP contribution in [0.1, 0.15) is 24.0 Å². The molecule has 28 heavy (non-hydrogen) atoms. The van der Waals surface area contributed by atoms with Crippen molar-refractivity contribution in [1.29, 1.82) is 0 Å². The van der Waals surface area contributed by atoms with Crippen molar-refractivity contribution in [2.24, 2.45) is 11.7 Å². The van der Waals surface area contributed by atoms with Crippen LogP contribution in [0.4, 0.5) is 0 Å². The van der Waals surface area contributed by atoms with Gasteiger partial charge in [-0.1, -0.05) is 30.4 Å². The van der Waals surface area contributed by atoms with E-state index >= 15 is 0 Å². The standard InChI is InChI=1S/C22H26N2O3S/c1-16-4-2-3-5-20(16)27-15-14-26-19-8-6-18(7-9-19)22(28)24-12-10-17(11-13-24)21(23)25/h2-9,17H,10-15H2,1H3,(H2,23,25). The molecule has 2 N–H and O–H groups in total. The SMILES string of the molecule is Cc1ccccc1OCCOc1ccc(C(=S)N2CCC(C(N)=O)CC2)cc1. The monoisotopic (exact) mass is 398 g/mol. The van der Waals surface area contributed by atoms with Crippen molar-refractivity contribution in [1.82, 2.24) is 4.90 Å². The summed E-state index contributed by atoms with van der Waals surface area (Å²) in [5, 5.41) is 0. The van der Waals surface area contributed by atoms with Crippen LogP contribution >= 0.6 is 12.2 Å². The summed E-state index contributed by atoms with van der Waals surface area (Å²) in [4.78, 5) is 14.2. The number of piperidine rings is 1. The van der Waals surface area contributed by atoms with Crippen molar-refractivity contribution in [3.8, 4) is 11.5 Å². The summed E-state index contributed by atoms with van der Waals surface area (Å²) in [5.41, 5.74) is 7.49. The van der Waals surface area contributed by atoms with Gasteiger partial charge in [0.25, 0.3) is 0 Å². The minimum absolute atomic E-state index is 0.0308. The first kappa shape index (κ1) is 20.1. The lowest BCUT2D eigenvalue weighted by Gasteiger charge is -2.32. The third-order valence-corrected chi connectivity index (χ3v) is 5.48. The number of aryl methyl sites for hydroxylation is 1. The second-order valence-corrected chi connectivity index (χ2v) is 7.34. The molecule has 0 unspecified atom stereocenters. The highest BCUT2D eigenvalue weighted by atomic mass is 32.1. The predicted octanol–water partition coefficient (Wildman–Crippen LogP) is 3.33. The lowest BCUT2D eigenvalue weighted by Crippen LogP contribution is -2.41. The van der Waals surface area contributed by atoms with Crippen molar-refractivity contribution in [3.63, 3.8) is 0 Å². The summed E-state index contributed by atoms with van der Waals surface area (Å²) >= 11 is 5.61. The van der Waals surface area contributed by atoms with Gasteiger partial charge in [-0.25, -0.2) is 0 Å². The molecule has 1 aliphatic rings. The van der Waals surface area contributed by atoms with Gasteiger partial charge in [0.1, 0.15) is 29.7 Å². The number of hydrogen-bond donors (Lipinski definition) is 1. The Kier molecular flexibility index (Phi) is 6.87. The molecule has 1 saturated heterocycles. The Labute approximate surface area is 171 Å². The highest BCUT2D eigenvalue weighted by Crippen LogP contribution is 2.21. The van der Waals surface area contributed by atoms with E-state index < -0.39 is 0 Å². The zero-order chi connectivity index (χ0) is 19.9. The topological polar surface area (TPSA) is 64.8 Å². The van der Waals surface area contributed by atoms with Gasteiger partial charge in [-0.05, 0) is 55.7 Å². The maximum Gasteiger partial charge on any atom is 0.220 e. The summed E-state index contributed by atoms with van der Waals surface area (Å²) in [6, 6.07) is 15.7. The fourth-order valence-electron chi connectivity index (χ4n) is 3.27. The van der Waals surface area contributed by atoms with Crippen molar-refractivity contribution in [2.45, 2.75) is 19.8 Å². The largest absolute Gasteiger partial charge is 0.490 e. The molecule has 0 bridgehead atoms. The number of carbonyl (C=O) groups is 1. The van der Waals surface area contributed by atoms with E-state index in [-0.39, 0.29) is 11.8 Å². The van der Waals surface area contributed by atoms with Gasteiger partial charge in [0, 0.05) is 24.6 Å². The molecule has 1 fully saturated rings. The molecule has 0 aliphatic carbocycles. The number of amides is 1. The minimum atomic E-state index is -0.210. The highest BCUT2D eigenvalue weighted by molar-refractivity contribution is 7.80. The zero-order valence-electron chi connectivity index (χ0n) is 16.1. The summed E-state index contributed by atoms with van der Waals surface area (Å²) in [7, 11) is 0. The van der Waals surface area contributed by atoms with E-state index in [1.54, 1.807) is 0 Å². The average Bonchev–Trinajstić information content (AvgIpc) is 2.72. The predicted molar refractivity (Wildman–Crippen MR) is 114 cm³/mol. The maximum atomic E-state index is 11.3. The number of para-hydroxylation sites is 1. The van der Waals surface area contributed by atoms with Crippen LogP contribution < -0.4 is 15.2 Å². The molecule has 1 heterocycles. The van der Waals surface area contributed by atoms with Gasteiger partial charge in [-0.15, -0.1) is 0 Å². The Bertz CT molecular complexity index is 815. The van der Waals surface area contributed by atoms with Crippen LogP contribution in [0.3, 0.4) is 0 Å². The molecule has 1 amide bonds. The molecule has 1 aliphatic heterocycles. The van der Waals surface area contributed by atoms with Gasteiger partial charge in [-0.2, -0.15) is 0 Å². The fraction of sp³-hybridized carbons (Fsp3) is 0.364. The molecule has 6 heteroatoms. The van der Waals surface area contributed by atoms with Crippen LogP contribution in [0.15, 0.2) is 48.5 Å². The summed E-state index contributed by atoms with van der Waals surface area (Å²) in [6.07, 6.45) is 1.52. The number of nitrogens with two attached hydrogens (primary N) is 1. The summed E-state index contributed by atoms with van der Waals surface area (Å²) < 4.78 is 11.5. The number of thiocarbonyl (C=S) groups is 1. The van der Waals surface area contributed by atoms with Crippen molar-refractivity contribution >= 4 is 23.1 Å². The first-order valence-electron chi connectivity index (χ1n) is 9.54. The van der Waals surface area contributed by atoms with Crippen LogP contribution in [0, 0.1) is 12.8 Å². The molecule has 0 atom stereocenters. The molecule has 148 valence electrons. The molecule has 0 radical (unpaired) electrons. The van der Waals surface area contributed by atoms with Crippen molar-refractivity contribution in [2.75, 3.05) is 26.3 Å². The molecule has 0 saturated carbocycles. The van der Waals surface area contributed by atoms with Gasteiger partial charge < -0.3 is 20.1 Å². The van der Waals surface area contributed by atoms with E-state index in [2.05, 4.69) is 4.90 Å². The van der Waals surface area contributed by atoms with Gasteiger partial charge >= 0.3 is 0 Å². The van der Waals surface area contributed by atoms with Crippen molar-refractivity contribution < 1.29 is 14.3 Å². The van der Waals surface area contributed by atoms with E-state index in [1.165, 1.54) is 0 Å². The number of carbonyl (C=O) groups excluding carboxylic acids is 1. The van der Waals surface area contributed by atoms with Gasteiger partial charge in [0.15, 0.2) is 0 Å². The maximum absolute atomic E-state index is 11.3. The van der Waals surface area contributed by atoms with Crippen LogP contribution in [0.25, 0.3) is 0 Å². The van der Waals surface area contributed by atoms with E-state index in [4.69, 9.17) is 27.4 Å². The van der Waals surface area contributed by atoms with Gasteiger partial charge in [0.05, 0.1) is 0 Å². The summed E-state index contributed by atoms with van der Waals surface area (Å²) in [6.45, 7) is 4.51. The highest BCUT2D eigenvalue weighted by Gasteiger charge is 2.24. The first-order chi connectivity index (χ1) is 13.5. The molecule has 2 aromatic rings. The second-order valence-electron chi connectivity index (χ2n) is 6.96. The molecular formula is C22H26N2O3S. The number of benzene rings is 2. The Hall–Kier alpha value is -2.60. The zero-order valence-corrected chi connectivity index (χ0v) is 16.9. The Morgan fingerprint density at radius 2 is 1.71 bits per heavy atom. The van der Waals surface area contributed by atoms with E-state index in [9.17, 15) is 4.79 Å². The average molecular weight is 399 g/mol. The fourth-order valence-corrected chi connectivity index (χ4v) is 3.59. The third-order valence-electron chi connectivity index (χ3n) is 4.99. The minimum Gasteiger partial charge on any atom is -0.490 e. The Morgan fingerprint density at radius 1 is 1.07 bits per heavy atom.